The van der Waals surface area contributed by atoms with Gasteiger partial charge in [0, 0.05) is 12.4 Å². The summed E-state index contributed by atoms with van der Waals surface area (Å²) in [5, 5.41) is 3.81. The number of rotatable bonds is 4. The molecule has 0 unspecified atom stereocenters. The molecular formula is C15H13N3O. The Kier molecular flexibility index (Phi) is 4.58. The van der Waals surface area contributed by atoms with Crippen LogP contribution >= 0.6 is 0 Å². The summed E-state index contributed by atoms with van der Waals surface area (Å²) < 4.78 is 0. The van der Waals surface area contributed by atoms with Crippen molar-refractivity contribution >= 4 is 18.2 Å². The third-order valence-electron chi connectivity index (χ3n) is 2.31. The Morgan fingerprint density at radius 3 is 2.63 bits per heavy atom. The number of nitrogens with zero attached hydrogens (tertiary/aromatic N) is 2. The first-order valence-electron chi connectivity index (χ1n) is 5.82. The number of benzene rings is 1. The van der Waals surface area contributed by atoms with Gasteiger partial charge >= 0.3 is 0 Å². The van der Waals surface area contributed by atoms with Crippen LogP contribution in [0.25, 0.3) is 6.08 Å². The van der Waals surface area contributed by atoms with Crippen LogP contribution in [0.2, 0.25) is 0 Å². The van der Waals surface area contributed by atoms with Crippen LogP contribution in [0.15, 0.2) is 65.9 Å². The Morgan fingerprint density at radius 1 is 1.11 bits per heavy atom. The van der Waals surface area contributed by atoms with Crippen LogP contribution in [-0.4, -0.2) is 17.1 Å². The second-order valence-electron chi connectivity index (χ2n) is 3.70. The molecule has 0 saturated heterocycles. The first kappa shape index (κ1) is 12.7. The maximum atomic E-state index is 11.6. The number of hydrogen-bond donors (Lipinski definition) is 1. The predicted octanol–water partition coefficient (Wildman–Crippen LogP) is 2.51. The van der Waals surface area contributed by atoms with Gasteiger partial charge < -0.3 is 0 Å². The number of aromatic nitrogens is 1. The molecule has 1 amide bonds. The molecule has 0 aliphatic carbocycles. The normalized spacial score (nSPS) is 10.9. The third kappa shape index (κ3) is 4.20. The molecule has 4 heteroatoms. The lowest BCUT2D eigenvalue weighted by atomic mass is 10.2. The first-order valence-corrected chi connectivity index (χ1v) is 5.82. The fraction of sp³-hybridized carbons (Fsp3) is 0. The van der Waals surface area contributed by atoms with Crippen molar-refractivity contribution in [2.75, 3.05) is 0 Å². The summed E-state index contributed by atoms with van der Waals surface area (Å²) in [7, 11) is 0. The van der Waals surface area contributed by atoms with E-state index in [1.54, 1.807) is 30.5 Å². The zero-order chi connectivity index (χ0) is 13.3. The molecule has 1 aromatic carbocycles. The molecule has 0 atom stereocenters. The second-order valence-corrected chi connectivity index (χ2v) is 3.70. The lowest BCUT2D eigenvalue weighted by Crippen LogP contribution is -2.18. The van der Waals surface area contributed by atoms with Gasteiger partial charge in [-0.3, -0.25) is 9.78 Å². The topological polar surface area (TPSA) is 54.4 Å². The minimum Gasteiger partial charge on any atom is -0.266 e. The highest BCUT2D eigenvalue weighted by Gasteiger charge is 2.02. The van der Waals surface area contributed by atoms with Gasteiger partial charge in [0.2, 0.25) is 0 Å². The maximum absolute atomic E-state index is 11.6. The summed E-state index contributed by atoms with van der Waals surface area (Å²) in [6.07, 6.45) is 6.74. The summed E-state index contributed by atoms with van der Waals surface area (Å²) >= 11 is 0. The molecule has 0 radical (unpaired) electrons. The molecule has 4 nitrogen and oxygen atoms in total. The molecule has 1 N–H and O–H groups in total. The molecule has 2 aromatic rings. The molecular weight excluding hydrogens is 238 g/mol. The van der Waals surface area contributed by atoms with Gasteiger partial charge in [-0.15, -0.1) is 0 Å². The molecule has 0 saturated carbocycles. The van der Waals surface area contributed by atoms with Crippen LogP contribution in [0, 0.1) is 0 Å². The summed E-state index contributed by atoms with van der Waals surface area (Å²) in [5.74, 6) is -0.329. The van der Waals surface area contributed by atoms with Crippen molar-refractivity contribution in [2.24, 2.45) is 5.10 Å². The number of hydrogen-bond acceptors (Lipinski definition) is 3. The highest BCUT2D eigenvalue weighted by molar-refractivity contribution is 5.92. The van der Waals surface area contributed by atoms with E-state index in [1.165, 1.54) is 6.21 Å². The number of carbonyl (C=O) groups is 1. The first-order chi connectivity index (χ1) is 9.36. The number of allylic oxidation sites excluding steroid dienone is 1. The zero-order valence-electron chi connectivity index (χ0n) is 10.2. The van der Waals surface area contributed by atoms with Gasteiger partial charge in [-0.05, 0) is 23.8 Å². The van der Waals surface area contributed by atoms with Crippen molar-refractivity contribution in [1.29, 1.82) is 0 Å². The molecule has 19 heavy (non-hydrogen) atoms. The number of nitrogens with one attached hydrogen (secondary N) is 1. The van der Waals surface area contributed by atoms with Crippen molar-refractivity contribution in [2.45, 2.75) is 0 Å². The number of pyridine rings is 1. The van der Waals surface area contributed by atoms with Gasteiger partial charge in [0.1, 0.15) is 5.69 Å². The molecule has 0 aliphatic rings. The Bertz CT molecular complexity index is 577. The molecule has 94 valence electrons. The van der Waals surface area contributed by atoms with Crippen molar-refractivity contribution in [3.8, 4) is 0 Å². The smallest absolute Gasteiger partial charge is 0.266 e. The van der Waals surface area contributed by atoms with Crippen molar-refractivity contribution in [1.82, 2.24) is 10.4 Å². The quantitative estimate of drug-likeness (QED) is 0.670. The van der Waals surface area contributed by atoms with E-state index >= 15 is 0 Å². The third-order valence-corrected chi connectivity index (χ3v) is 2.31. The zero-order valence-corrected chi connectivity index (χ0v) is 10.2. The van der Waals surface area contributed by atoms with Gasteiger partial charge in [-0.1, -0.05) is 42.5 Å². The van der Waals surface area contributed by atoms with Crippen LogP contribution in [0.3, 0.4) is 0 Å². The minimum atomic E-state index is -0.329. The van der Waals surface area contributed by atoms with Gasteiger partial charge in [0.05, 0.1) is 0 Å². The van der Waals surface area contributed by atoms with Crippen molar-refractivity contribution < 1.29 is 4.79 Å². The van der Waals surface area contributed by atoms with Crippen LogP contribution in [-0.2, 0) is 0 Å². The van der Waals surface area contributed by atoms with Gasteiger partial charge in [-0.2, -0.15) is 5.10 Å². The lowest BCUT2D eigenvalue weighted by Gasteiger charge is -1.96. The molecule has 0 fully saturated rings. The largest absolute Gasteiger partial charge is 0.289 e. The summed E-state index contributed by atoms with van der Waals surface area (Å²) in [5.41, 5.74) is 3.82. The van der Waals surface area contributed by atoms with Crippen LogP contribution < -0.4 is 5.43 Å². The minimum absolute atomic E-state index is 0.329. The van der Waals surface area contributed by atoms with Gasteiger partial charge in [0.25, 0.3) is 5.91 Å². The lowest BCUT2D eigenvalue weighted by molar-refractivity contribution is 0.0950. The predicted molar refractivity (Wildman–Crippen MR) is 75.7 cm³/mol. The summed E-state index contributed by atoms with van der Waals surface area (Å²) in [6.45, 7) is 0. The molecule has 0 aliphatic heterocycles. The fourth-order valence-corrected chi connectivity index (χ4v) is 1.41. The molecule has 1 aromatic heterocycles. The van der Waals surface area contributed by atoms with E-state index in [-0.39, 0.29) is 5.91 Å². The van der Waals surface area contributed by atoms with Crippen molar-refractivity contribution in [3.63, 3.8) is 0 Å². The Morgan fingerprint density at radius 2 is 1.89 bits per heavy atom. The highest BCUT2D eigenvalue weighted by atomic mass is 16.2. The van der Waals surface area contributed by atoms with Gasteiger partial charge in [-0.25, -0.2) is 5.43 Å². The van der Waals surface area contributed by atoms with Crippen LogP contribution in [0.4, 0.5) is 0 Å². The number of hydrazone groups is 1. The molecule has 1 heterocycles. The summed E-state index contributed by atoms with van der Waals surface area (Å²) in [6, 6.07) is 15.0. The number of amides is 1. The van der Waals surface area contributed by atoms with E-state index < -0.39 is 0 Å². The molecule has 0 spiro atoms. The molecule has 0 bridgehead atoms. The average Bonchev–Trinajstić information content (AvgIpc) is 2.49. The summed E-state index contributed by atoms with van der Waals surface area (Å²) in [4.78, 5) is 15.5. The van der Waals surface area contributed by atoms with E-state index in [0.717, 1.165) is 5.56 Å². The van der Waals surface area contributed by atoms with Crippen molar-refractivity contribution in [3.05, 3.63) is 72.1 Å². The highest BCUT2D eigenvalue weighted by Crippen LogP contribution is 1.99. The number of carbonyl (C=O) groups excluding carboxylic acids is 1. The Hall–Kier alpha value is -2.75. The van der Waals surface area contributed by atoms with E-state index in [2.05, 4.69) is 15.5 Å². The average molecular weight is 251 g/mol. The Balaban J connectivity index is 1.84. The maximum Gasteiger partial charge on any atom is 0.289 e. The molecule has 2 rings (SSSR count). The van der Waals surface area contributed by atoms with E-state index in [0.29, 0.717) is 5.69 Å². The van der Waals surface area contributed by atoms with E-state index in [4.69, 9.17) is 0 Å². The van der Waals surface area contributed by atoms with Crippen LogP contribution in [0.5, 0.6) is 0 Å². The second kappa shape index (κ2) is 6.86. The SMILES string of the molecule is O=C(N/N=C\C=C\c1ccccc1)c1ccccn1. The van der Waals surface area contributed by atoms with E-state index in [9.17, 15) is 4.79 Å². The van der Waals surface area contributed by atoms with E-state index in [1.807, 2.05) is 36.4 Å². The van der Waals surface area contributed by atoms with Gasteiger partial charge in [0.15, 0.2) is 0 Å². The standard InChI is InChI=1S/C15H13N3O/c19-15(14-10-4-5-11-16-14)18-17-12-6-9-13-7-2-1-3-8-13/h1-12H,(H,18,19)/b9-6+,17-12-. The Labute approximate surface area is 111 Å². The monoisotopic (exact) mass is 251 g/mol. The van der Waals surface area contributed by atoms with Crippen LogP contribution in [0.1, 0.15) is 16.1 Å². The fourth-order valence-electron chi connectivity index (χ4n) is 1.41.